The van der Waals surface area contributed by atoms with E-state index in [9.17, 15) is 18.8 Å². The highest BCUT2D eigenvalue weighted by molar-refractivity contribution is 7.79. The molecule has 43 heavy (non-hydrogen) atoms. The van der Waals surface area contributed by atoms with Crippen LogP contribution in [0.3, 0.4) is 0 Å². The lowest BCUT2D eigenvalue weighted by Gasteiger charge is -2.33. The van der Waals surface area contributed by atoms with Crippen molar-refractivity contribution in [3.8, 4) is 11.5 Å². The molecule has 0 N–H and O–H groups in total. The highest BCUT2D eigenvalue weighted by Gasteiger charge is 2.43. The van der Waals surface area contributed by atoms with Gasteiger partial charge in [0, 0.05) is 43.9 Å². The summed E-state index contributed by atoms with van der Waals surface area (Å²) < 4.78 is 28.7. The summed E-state index contributed by atoms with van der Waals surface area (Å²) >= 11 is 3.53. The maximum absolute atomic E-state index is 14.1. The lowest BCUT2D eigenvalue weighted by atomic mass is 10.1. The Morgan fingerprint density at radius 2 is 1.79 bits per heavy atom. The maximum Gasteiger partial charge on any atom is 0.280 e. The first-order valence-corrected chi connectivity index (χ1v) is 15.8. The van der Waals surface area contributed by atoms with Crippen LogP contribution in [-0.4, -0.2) is 82.1 Å². The standard InChI is InChI=1S/C28H32FN5O5.C2H6.CH4S/c1-16-14-32(19-9-10-19)28(37)24-25(38-3)21-23(34(16)24)22-27(36)31(2)11-5-4-6-12-39-20-13-18(29)8-7-17(20)15-33(30-22)26(21)35;2*1-2/h7-8,13,16,19H,4-6,9-12,14-15H2,1-3H3;1-2H3;2H,1H3. The van der Waals surface area contributed by atoms with Crippen molar-refractivity contribution in [3.05, 3.63) is 51.3 Å². The number of amides is 2. The first kappa shape index (κ1) is 32.4. The molecule has 2 bridgehead atoms. The van der Waals surface area contributed by atoms with Gasteiger partial charge in [-0.05, 0) is 51.3 Å². The Balaban J connectivity index is 0.00000102. The highest BCUT2D eigenvalue weighted by Crippen LogP contribution is 2.41. The maximum atomic E-state index is 14.1. The van der Waals surface area contributed by atoms with Gasteiger partial charge in [-0.25, -0.2) is 9.07 Å². The van der Waals surface area contributed by atoms with Crippen molar-refractivity contribution in [3.63, 3.8) is 0 Å². The molecule has 6 rings (SSSR count). The molecule has 2 amide bonds. The number of methoxy groups -OCH3 is 1. The lowest BCUT2D eigenvalue weighted by molar-refractivity contribution is 0.0658. The second-order valence-electron chi connectivity index (χ2n) is 10.7. The monoisotopic (exact) mass is 615 g/mol. The summed E-state index contributed by atoms with van der Waals surface area (Å²) in [7, 11) is 3.14. The number of benzene rings is 1. The Labute approximate surface area is 257 Å². The minimum atomic E-state index is -0.497. The Morgan fingerprint density at radius 1 is 1.07 bits per heavy atom. The number of aromatic nitrogens is 3. The Morgan fingerprint density at radius 3 is 2.47 bits per heavy atom. The molecule has 0 saturated heterocycles. The predicted molar refractivity (Wildman–Crippen MR) is 167 cm³/mol. The first-order valence-electron chi connectivity index (χ1n) is 15.0. The summed E-state index contributed by atoms with van der Waals surface area (Å²) in [5, 5.41) is 4.73. The van der Waals surface area contributed by atoms with Gasteiger partial charge in [-0.2, -0.15) is 17.7 Å². The summed E-state index contributed by atoms with van der Waals surface area (Å²) in [6.07, 6.45) is 5.90. The zero-order chi connectivity index (χ0) is 31.4. The molecule has 0 radical (unpaired) electrons. The number of thiol groups is 1. The zero-order valence-electron chi connectivity index (χ0n) is 25.9. The van der Waals surface area contributed by atoms with Crippen LogP contribution in [0.2, 0.25) is 0 Å². The second-order valence-corrected chi connectivity index (χ2v) is 10.7. The summed E-state index contributed by atoms with van der Waals surface area (Å²) in [6.45, 7) is 7.28. The first-order chi connectivity index (χ1) is 20.8. The molecular formula is C31H42FN5O5S. The van der Waals surface area contributed by atoms with Crippen LogP contribution in [0.4, 0.5) is 4.39 Å². The number of hydrogen-bond acceptors (Lipinski definition) is 7. The summed E-state index contributed by atoms with van der Waals surface area (Å²) in [5.74, 6) is -0.507. The highest BCUT2D eigenvalue weighted by atomic mass is 32.1. The fourth-order valence-corrected chi connectivity index (χ4v) is 5.77. The van der Waals surface area contributed by atoms with Gasteiger partial charge in [0.25, 0.3) is 17.4 Å². The van der Waals surface area contributed by atoms with Gasteiger partial charge in [0.15, 0.2) is 17.1 Å². The van der Waals surface area contributed by atoms with E-state index in [2.05, 4.69) is 17.7 Å². The van der Waals surface area contributed by atoms with Crippen molar-refractivity contribution in [2.45, 2.75) is 71.5 Å². The van der Waals surface area contributed by atoms with Crippen molar-refractivity contribution in [2.75, 3.05) is 40.1 Å². The molecule has 4 heterocycles. The third-order valence-corrected chi connectivity index (χ3v) is 7.90. The van der Waals surface area contributed by atoms with Gasteiger partial charge in [0.1, 0.15) is 17.0 Å². The van der Waals surface area contributed by atoms with E-state index >= 15 is 0 Å². The Kier molecular flexibility index (Phi) is 10.4. The Bertz CT molecular complexity index is 1550. The molecule has 12 heteroatoms. The topological polar surface area (TPSA) is 98.9 Å². The van der Waals surface area contributed by atoms with Gasteiger partial charge in [0.05, 0.1) is 25.8 Å². The van der Waals surface area contributed by atoms with Crippen LogP contribution >= 0.6 is 12.6 Å². The molecule has 2 aliphatic heterocycles. The molecule has 3 aliphatic rings. The number of nitrogens with zero attached hydrogens (tertiary/aromatic N) is 5. The van der Waals surface area contributed by atoms with Crippen LogP contribution in [0.5, 0.6) is 11.5 Å². The van der Waals surface area contributed by atoms with E-state index in [-0.39, 0.29) is 53.0 Å². The van der Waals surface area contributed by atoms with E-state index in [1.807, 2.05) is 25.7 Å². The average molecular weight is 616 g/mol. The van der Waals surface area contributed by atoms with Crippen molar-refractivity contribution in [1.29, 1.82) is 0 Å². The van der Waals surface area contributed by atoms with Crippen molar-refractivity contribution in [2.24, 2.45) is 0 Å². The molecule has 3 aromatic rings. The van der Waals surface area contributed by atoms with Crippen LogP contribution < -0.4 is 15.0 Å². The molecule has 2 aromatic heterocycles. The summed E-state index contributed by atoms with van der Waals surface area (Å²) in [6, 6.07) is 4.16. The van der Waals surface area contributed by atoms with Crippen molar-refractivity contribution >= 4 is 35.3 Å². The van der Waals surface area contributed by atoms with Crippen molar-refractivity contribution in [1.82, 2.24) is 24.1 Å². The number of carbonyl (C=O) groups excluding carboxylic acids is 2. The van der Waals surface area contributed by atoms with Crippen LogP contribution in [0, 0.1) is 5.82 Å². The lowest BCUT2D eigenvalue weighted by Crippen LogP contribution is -2.43. The molecule has 1 fully saturated rings. The number of fused-ring (bicyclic) bond motifs is 7. The molecule has 1 saturated carbocycles. The second kappa shape index (κ2) is 13.8. The third-order valence-electron chi connectivity index (χ3n) is 7.90. The minimum absolute atomic E-state index is 0.0459. The Hall–Kier alpha value is -3.54. The SMILES string of the molecule is CC.COc1c2n(c3c4nn(c(=O)c13)Cc1ccc(F)cc1OCCCCCN(C)C4=O)C(C)CN(C1CC1)C2=O.CS. The van der Waals surface area contributed by atoms with E-state index in [0.717, 1.165) is 32.1 Å². The third kappa shape index (κ3) is 6.11. The molecule has 1 aliphatic carbocycles. The molecule has 0 spiro atoms. The zero-order valence-corrected chi connectivity index (χ0v) is 26.7. The smallest absolute Gasteiger partial charge is 0.280 e. The van der Waals surface area contributed by atoms with E-state index in [1.54, 1.807) is 28.8 Å². The quantitative estimate of drug-likeness (QED) is 0.417. The molecular weight excluding hydrogens is 573 g/mol. The van der Waals surface area contributed by atoms with Gasteiger partial charge in [-0.3, -0.25) is 14.4 Å². The summed E-state index contributed by atoms with van der Waals surface area (Å²) in [4.78, 5) is 45.1. The van der Waals surface area contributed by atoms with Gasteiger partial charge in [0.2, 0.25) is 0 Å². The van der Waals surface area contributed by atoms with Crippen LogP contribution in [0.1, 0.15) is 85.5 Å². The molecule has 1 aromatic carbocycles. The molecule has 1 atom stereocenters. The van der Waals surface area contributed by atoms with Gasteiger partial charge in [-0.1, -0.05) is 19.9 Å². The number of ether oxygens (including phenoxy) is 2. The van der Waals surface area contributed by atoms with Gasteiger partial charge >= 0.3 is 0 Å². The van der Waals surface area contributed by atoms with Gasteiger partial charge < -0.3 is 23.8 Å². The minimum Gasteiger partial charge on any atom is -0.493 e. The largest absolute Gasteiger partial charge is 0.493 e. The number of carbonyl (C=O) groups is 2. The van der Waals surface area contributed by atoms with Crippen LogP contribution in [0.15, 0.2) is 23.0 Å². The van der Waals surface area contributed by atoms with Gasteiger partial charge in [-0.15, -0.1) is 0 Å². The fourth-order valence-electron chi connectivity index (χ4n) is 5.77. The molecule has 234 valence electrons. The normalized spacial score (nSPS) is 18.7. The van der Waals surface area contributed by atoms with Crippen LogP contribution in [-0.2, 0) is 6.54 Å². The molecule has 10 nitrogen and oxygen atoms in total. The van der Waals surface area contributed by atoms with E-state index < -0.39 is 11.4 Å². The van der Waals surface area contributed by atoms with Crippen LogP contribution in [0.25, 0.3) is 10.9 Å². The average Bonchev–Trinajstić information content (AvgIpc) is 3.80. The number of rotatable bonds is 2. The van der Waals surface area contributed by atoms with E-state index in [4.69, 9.17) is 9.47 Å². The van der Waals surface area contributed by atoms with E-state index in [1.165, 1.54) is 23.9 Å². The summed E-state index contributed by atoms with van der Waals surface area (Å²) in [5.41, 5.74) is 0.733. The van der Waals surface area contributed by atoms with Crippen molar-refractivity contribution < 1.29 is 23.5 Å². The van der Waals surface area contributed by atoms with E-state index in [0.29, 0.717) is 36.5 Å². The predicted octanol–water partition coefficient (Wildman–Crippen LogP) is 4.78. The number of halogens is 1. The molecule has 1 unspecified atom stereocenters. The fraction of sp³-hybridized carbons (Fsp3) is 0.548. The number of hydrogen-bond donors (Lipinski definition) is 1.